The van der Waals surface area contributed by atoms with E-state index in [0.29, 0.717) is 17.7 Å². The molecular formula is C11H10FN3O2. The molecule has 1 aromatic heterocycles. The third kappa shape index (κ3) is 2.21. The van der Waals surface area contributed by atoms with E-state index in [1.807, 2.05) is 0 Å². The zero-order valence-electron chi connectivity index (χ0n) is 9.13. The molecule has 0 atom stereocenters. The number of rotatable bonds is 4. The van der Waals surface area contributed by atoms with Gasteiger partial charge in [-0.3, -0.25) is 4.79 Å². The average molecular weight is 235 g/mol. The molecule has 0 aliphatic heterocycles. The lowest BCUT2D eigenvalue weighted by atomic mass is 10.3. The fourth-order valence-corrected chi connectivity index (χ4v) is 1.49. The first kappa shape index (κ1) is 11.4. The van der Waals surface area contributed by atoms with E-state index in [9.17, 15) is 9.18 Å². The van der Waals surface area contributed by atoms with Crippen LogP contribution in [0.2, 0.25) is 0 Å². The van der Waals surface area contributed by atoms with Gasteiger partial charge in [-0.1, -0.05) is 11.3 Å². The van der Waals surface area contributed by atoms with Crippen molar-refractivity contribution in [2.75, 3.05) is 7.11 Å². The molecule has 0 unspecified atom stereocenters. The second-order valence-corrected chi connectivity index (χ2v) is 3.36. The van der Waals surface area contributed by atoms with Gasteiger partial charge in [0.25, 0.3) is 0 Å². The van der Waals surface area contributed by atoms with Crippen LogP contribution in [0.25, 0.3) is 5.69 Å². The molecule has 2 aromatic rings. The molecule has 0 aliphatic rings. The monoisotopic (exact) mass is 235 g/mol. The van der Waals surface area contributed by atoms with E-state index in [1.165, 1.54) is 23.9 Å². The first-order chi connectivity index (χ1) is 8.26. The van der Waals surface area contributed by atoms with Crippen LogP contribution in [0, 0.1) is 5.82 Å². The van der Waals surface area contributed by atoms with Crippen molar-refractivity contribution in [1.82, 2.24) is 15.0 Å². The van der Waals surface area contributed by atoms with Crippen molar-refractivity contribution in [3.63, 3.8) is 0 Å². The van der Waals surface area contributed by atoms with E-state index in [4.69, 9.17) is 4.74 Å². The number of hydrogen-bond donors (Lipinski definition) is 0. The summed E-state index contributed by atoms with van der Waals surface area (Å²) in [5.41, 5.74) is 1.18. The fourth-order valence-electron chi connectivity index (χ4n) is 1.49. The molecule has 0 amide bonds. The lowest BCUT2D eigenvalue weighted by molar-refractivity contribution is 0.111. The van der Waals surface area contributed by atoms with Gasteiger partial charge in [0.2, 0.25) is 0 Å². The second-order valence-electron chi connectivity index (χ2n) is 3.36. The Balaban J connectivity index is 2.51. The van der Waals surface area contributed by atoms with Gasteiger partial charge in [0.15, 0.2) is 12.0 Å². The molecule has 0 N–H and O–H groups in total. The summed E-state index contributed by atoms with van der Waals surface area (Å²) < 4.78 is 19.4. The number of nitrogens with zero attached hydrogens (tertiary/aromatic N) is 3. The molecular weight excluding hydrogens is 225 g/mol. The second kappa shape index (κ2) is 4.84. The Morgan fingerprint density at radius 3 is 3.00 bits per heavy atom. The number of halogens is 1. The highest BCUT2D eigenvalue weighted by Crippen LogP contribution is 2.14. The molecule has 6 heteroatoms. The van der Waals surface area contributed by atoms with Gasteiger partial charge in [-0.15, -0.1) is 5.10 Å². The standard InChI is InChI=1S/C11H10FN3O2/c1-17-7-11-10(6-16)13-14-15(11)9-4-2-3-8(12)5-9/h2-6H,7H2,1H3. The van der Waals surface area contributed by atoms with Gasteiger partial charge >= 0.3 is 0 Å². The molecule has 0 bridgehead atoms. The topological polar surface area (TPSA) is 57.0 Å². The first-order valence-electron chi connectivity index (χ1n) is 4.91. The molecule has 0 spiro atoms. The summed E-state index contributed by atoms with van der Waals surface area (Å²) in [5, 5.41) is 7.51. The molecule has 88 valence electrons. The number of carbonyl (C=O) groups excluding carboxylic acids is 1. The molecule has 0 fully saturated rings. The lowest BCUT2D eigenvalue weighted by Crippen LogP contribution is -2.05. The first-order valence-corrected chi connectivity index (χ1v) is 4.91. The molecule has 0 aliphatic carbocycles. The molecule has 17 heavy (non-hydrogen) atoms. The van der Waals surface area contributed by atoms with Crippen LogP contribution in [0.5, 0.6) is 0 Å². The Bertz CT molecular complexity index is 539. The Morgan fingerprint density at radius 1 is 1.53 bits per heavy atom. The summed E-state index contributed by atoms with van der Waals surface area (Å²) in [4.78, 5) is 10.8. The SMILES string of the molecule is COCc1c(C=O)nnn1-c1cccc(F)c1. The van der Waals surface area contributed by atoms with E-state index >= 15 is 0 Å². The summed E-state index contributed by atoms with van der Waals surface area (Å²) >= 11 is 0. The number of benzene rings is 1. The Labute approximate surface area is 96.8 Å². The van der Waals surface area contributed by atoms with Crippen molar-refractivity contribution in [1.29, 1.82) is 0 Å². The summed E-state index contributed by atoms with van der Waals surface area (Å²) in [6.07, 6.45) is 0.594. The minimum absolute atomic E-state index is 0.178. The maximum Gasteiger partial charge on any atom is 0.172 e. The summed E-state index contributed by atoms with van der Waals surface area (Å²) in [5.74, 6) is -0.381. The van der Waals surface area contributed by atoms with Crippen LogP contribution in [0.1, 0.15) is 16.2 Å². The minimum atomic E-state index is -0.381. The molecule has 0 saturated heterocycles. The summed E-state index contributed by atoms with van der Waals surface area (Å²) in [7, 11) is 1.50. The maximum atomic E-state index is 13.1. The molecule has 1 heterocycles. The van der Waals surface area contributed by atoms with Gasteiger partial charge in [-0.2, -0.15) is 0 Å². The van der Waals surface area contributed by atoms with Crippen LogP contribution >= 0.6 is 0 Å². The van der Waals surface area contributed by atoms with E-state index in [-0.39, 0.29) is 18.1 Å². The number of aromatic nitrogens is 3. The third-order valence-electron chi connectivity index (χ3n) is 2.24. The van der Waals surface area contributed by atoms with E-state index in [1.54, 1.807) is 12.1 Å². The zero-order valence-corrected chi connectivity index (χ0v) is 9.13. The minimum Gasteiger partial charge on any atom is -0.378 e. The van der Waals surface area contributed by atoms with Crippen LogP contribution in [-0.4, -0.2) is 28.4 Å². The van der Waals surface area contributed by atoms with Gasteiger partial charge in [-0.25, -0.2) is 9.07 Å². The van der Waals surface area contributed by atoms with Crippen molar-refractivity contribution in [2.45, 2.75) is 6.61 Å². The Morgan fingerprint density at radius 2 is 2.35 bits per heavy atom. The largest absolute Gasteiger partial charge is 0.378 e. The van der Waals surface area contributed by atoms with Crippen LogP contribution in [0.3, 0.4) is 0 Å². The third-order valence-corrected chi connectivity index (χ3v) is 2.24. The highest BCUT2D eigenvalue weighted by molar-refractivity contribution is 5.73. The van der Waals surface area contributed by atoms with E-state index < -0.39 is 0 Å². The quantitative estimate of drug-likeness (QED) is 0.751. The zero-order chi connectivity index (χ0) is 12.3. The number of carbonyl (C=O) groups is 1. The fraction of sp³-hybridized carbons (Fsp3) is 0.182. The van der Waals surface area contributed by atoms with Gasteiger partial charge in [0.05, 0.1) is 12.3 Å². The van der Waals surface area contributed by atoms with Gasteiger partial charge in [-0.05, 0) is 18.2 Å². The van der Waals surface area contributed by atoms with Crippen LogP contribution in [-0.2, 0) is 11.3 Å². The van der Waals surface area contributed by atoms with Crippen LogP contribution in [0.15, 0.2) is 24.3 Å². The van der Waals surface area contributed by atoms with Crippen LogP contribution < -0.4 is 0 Å². The van der Waals surface area contributed by atoms with Crippen molar-refractivity contribution in [3.8, 4) is 5.69 Å². The van der Waals surface area contributed by atoms with Gasteiger partial charge < -0.3 is 4.74 Å². The molecule has 5 nitrogen and oxygen atoms in total. The Kier molecular flexibility index (Phi) is 3.24. The van der Waals surface area contributed by atoms with Gasteiger partial charge in [0, 0.05) is 7.11 Å². The highest BCUT2D eigenvalue weighted by atomic mass is 19.1. The van der Waals surface area contributed by atoms with Crippen LogP contribution in [0.4, 0.5) is 4.39 Å². The van der Waals surface area contributed by atoms with Crippen molar-refractivity contribution < 1.29 is 13.9 Å². The Hall–Kier alpha value is -2.08. The van der Waals surface area contributed by atoms with Crippen molar-refractivity contribution >= 4 is 6.29 Å². The maximum absolute atomic E-state index is 13.1. The van der Waals surface area contributed by atoms with Crippen molar-refractivity contribution in [3.05, 3.63) is 41.5 Å². The number of hydrogen-bond acceptors (Lipinski definition) is 4. The summed E-state index contributed by atoms with van der Waals surface area (Å²) in [6, 6.07) is 5.87. The molecule has 1 aromatic carbocycles. The predicted octanol–water partition coefficient (Wildman–Crippen LogP) is 1.37. The normalized spacial score (nSPS) is 10.5. The molecule has 0 saturated carbocycles. The number of ether oxygens (including phenoxy) is 1. The average Bonchev–Trinajstić information content (AvgIpc) is 2.72. The molecule has 0 radical (unpaired) electrons. The molecule has 2 rings (SSSR count). The smallest absolute Gasteiger partial charge is 0.172 e. The number of aldehydes is 1. The predicted molar refractivity (Wildman–Crippen MR) is 57.4 cm³/mol. The lowest BCUT2D eigenvalue weighted by Gasteiger charge is -2.05. The number of methoxy groups -OCH3 is 1. The highest BCUT2D eigenvalue weighted by Gasteiger charge is 2.13. The van der Waals surface area contributed by atoms with Gasteiger partial charge in [0.1, 0.15) is 11.5 Å². The van der Waals surface area contributed by atoms with E-state index in [2.05, 4.69) is 10.3 Å². The van der Waals surface area contributed by atoms with E-state index in [0.717, 1.165) is 0 Å². The van der Waals surface area contributed by atoms with Crippen molar-refractivity contribution in [2.24, 2.45) is 0 Å². The summed E-state index contributed by atoms with van der Waals surface area (Å²) in [6.45, 7) is 0.178.